The first-order valence-corrected chi connectivity index (χ1v) is 4.32. The number of fused-ring (bicyclic) bond motifs is 2. The third kappa shape index (κ3) is 1.21. The first kappa shape index (κ1) is 6.68. The van der Waals surface area contributed by atoms with Gasteiger partial charge >= 0.3 is 0 Å². The molecule has 0 aromatic rings. The van der Waals surface area contributed by atoms with Gasteiger partial charge in [0.15, 0.2) is 0 Å². The van der Waals surface area contributed by atoms with Gasteiger partial charge in [-0.25, -0.2) is 0 Å². The second-order valence-electron chi connectivity index (χ2n) is 3.25. The van der Waals surface area contributed by atoms with Crippen LogP contribution in [-0.2, 0) is 0 Å². The molecule has 0 unspecified atom stereocenters. The van der Waals surface area contributed by atoms with Gasteiger partial charge < -0.3 is 5.32 Å². The summed E-state index contributed by atoms with van der Waals surface area (Å²) in [5.41, 5.74) is 0. The van der Waals surface area contributed by atoms with Crippen molar-refractivity contribution >= 4 is 11.6 Å². The van der Waals surface area contributed by atoms with Gasteiger partial charge in [0.2, 0.25) is 0 Å². The second-order valence-corrected chi connectivity index (χ2v) is 3.74. The monoisotopic (exact) mass is 157 g/mol. The van der Waals surface area contributed by atoms with E-state index in [0.29, 0.717) is 6.04 Å². The van der Waals surface area contributed by atoms with Crippen molar-refractivity contribution in [2.45, 2.75) is 25.3 Å². The highest BCUT2D eigenvalue weighted by atomic mass is 35.5. The molecular formula is C8H12ClN. The average molecular weight is 158 g/mol. The molecule has 1 fully saturated rings. The number of hydrogen-bond acceptors (Lipinski definition) is 1. The van der Waals surface area contributed by atoms with Crippen LogP contribution in [0.4, 0.5) is 0 Å². The topological polar surface area (TPSA) is 12.0 Å². The summed E-state index contributed by atoms with van der Waals surface area (Å²) in [6, 6.07) is 0.677. The Labute approximate surface area is 66.4 Å². The zero-order chi connectivity index (χ0) is 6.97. The van der Waals surface area contributed by atoms with Crippen LogP contribution in [0.1, 0.15) is 19.3 Å². The summed E-state index contributed by atoms with van der Waals surface area (Å²) in [7, 11) is 0. The van der Waals surface area contributed by atoms with Gasteiger partial charge in [0, 0.05) is 11.1 Å². The maximum Gasteiger partial charge on any atom is 0.0159 e. The van der Waals surface area contributed by atoms with E-state index in [0.717, 1.165) is 17.4 Å². The van der Waals surface area contributed by atoms with Crippen LogP contribution in [0.5, 0.6) is 0 Å². The molecule has 1 aliphatic carbocycles. The van der Waals surface area contributed by atoms with Gasteiger partial charge in [-0.15, -0.1) is 0 Å². The fourth-order valence-electron chi connectivity index (χ4n) is 1.91. The van der Waals surface area contributed by atoms with Crippen molar-refractivity contribution in [2.75, 3.05) is 6.54 Å². The van der Waals surface area contributed by atoms with Crippen molar-refractivity contribution in [3.8, 4) is 0 Å². The Balaban J connectivity index is 2.14. The molecule has 1 saturated heterocycles. The molecule has 2 aliphatic rings. The van der Waals surface area contributed by atoms with E-state index in [2.05, 4.69) is 11.4 Å². The molecule has 10 heavy (non-hydrogen) atoms. The van der Waals surface area contributed by atoms with E-state index in [4.69, 9.17) is 11.6 Å². The lowest BCUT2D eigenvalue weighted by molar-refractivity contribution is 0.328. The highest BCUT2D eigenvalue weighted by Gasteiger charge is 2.24. The zero-order valence-corrected chi connectivity index (χ0v) is 6.69. The van der Waals surface area contributed by atoms with Crippen LogP contribution in [0, 0.1) is 5.92 Å². The Hall–Kier alpha value is -0.0100. The van der Waals surface area contributed by atoms with Crippen molar-refractivity contribution in [3.05, 3.63) is 11.1 Å². The molecule has 0 spiro atoms. The number of rotatable bonds is 0. The third-order valence-corrected chi connectivity index (χ3v) is 2.67. The molecule has 0 saturated carbocycles. The van der Waals surface area contributed by atoms with E-state index in [-0.39, 0.29) is 0 Å². The van der Waals surface area contributed by atoms with Gasteiger partial charge in [-0.2, -0.15) is 0 Å². The van der Waals surface area contributed by atoms with Crippen LogP contribution in [-0.4, -0.2) is 12.6 Å². The number of halogens is 1. The molecule has 2 heteroatoms. The van der Waals surface area contributed by atoms with E-state index in [1.165, 1.54) is 19.4 Å². The van der Waals surface area contributed by atoms with Gasteiger partial charge in [0.1, 0.15) is 0 Å². The zero-order valence-electron chi connectivity index (χ0n) is 5.94. The lowest BCUT2D eigenvalue weighted by Crippen LogP contribution is -2.39. The van der Waals surface area contributed by atoms with Crippen LogP contribution in [0.15, 0.2) is 11.1 Å². The molecule has 0 radical (unpaired) electrons. The number of piperidine rings is 1. The van der Waals surface area contributed by atoms with Crippen LogP contribution >= 0.6 is 11.6 Å². The summed E-state index contributed by atoms with van der Waals surface area (Å²) in [6.07, 6.45) is 5.86. The van der Waals surface area contributed by atoms with Crippen molar-refractivity contribution in [3.63, 3.8) is 0 Å². The van der Waals surface area contributed by atoms with Gasteiger partial charge in [-0.1, -0.05) is 17.7 Å². The summed E-state index contributed by atoms with van der Waals surface area (Å²) >= 11 is 5.94. The number of nitrogens with one attached hydrogen (secondary N) is 1. The Morgan fingerprint density at radius 1 is 1.60 bits per heavy atom. The molecule has 2 bridgehead atoms. The quantitative estimate of drug-likeness (QED) is 0.566. The van der Waals surface area contributed by atoms with Crippen molar-refractivity contribution in [1.29, 1.82) is 0 Å². The molecule has 0 amide bonds. The first-order chi connectivity index (χ1) is 4.84. The lowest BCUT2D eigenvalue weighted by atomic mass is 9.86. The summed E-state index contributed by atoms with van der Waals surface area (Å²) < 4.78 is 0. The molecule has 0 aromatic carbocycles. The van der Waals surface area contributed by atoms with Crippen LogP contribution in [0.25, 0.3) is 0 Å². The van der Waals surface area contributed by atoms with Crippen molar-refractivity contribution < 1.29 is 0 Å². The minimum Gasteiger partial charge on any atom is -0.314 e. The second kappa shape index (κ2) is 2.55. The highest BCUT2D eigenvalue weighted by molar-refractivity contribution is 6.29. The molecule has 0 aromatic heterocycles. The van der Waals surface area contributed by atoms with Gasteiger partial charge in [0.05, 0.1) is 0 Å². The molecular weight excluding hydrogens is 146 g/mol. The molecule has 1 nitrogen and oxygen atoms in total. The van der Waals surface area contributed by atoms with Crippen LogP contribution < -0.4 is 5.32 Å². The Morgan fingerprint density at radius 3 is 3.30 bits per heavy atom. The summed E-state index contributed by atoms with van der Waals surface area (Å²) in [6.45, 7) is 1.18. The minimum absolute atomic E-state index is 0.677. The lowest BCUT2D eigenvalue weighted by Gasteiger charge is -2.32. The Kier molecular flexibility index (Phi) is 1.71. The van der Waals surface area contributed by atoms with E-state index in [9.17, 15) is 0 Å². The maximum atomic E-state index is 5.94. The summed E-state index contributed by atoms with van der Waals surface area (Å²) in [5.74, 6) is 0.771. The third-order valence-electron chi connectivity index (χ3n) is 2.39. The van der Waals surface area contributed by atoms with Crippen LogP contribution in [0.3, 0.4) is 0 Å². The molecule has 1 aliphatic heterocycles. The molecule has 56 valence electrons. The fourth-order valence-corrected chi connectivity index (χ4v) is 2.27. The largest absolute Gasteiger partial charge is 0.314 e. The number of allylic oxidation sites excluding steroid dienone is 1. The molecule has 1 heterocycles. The van der Waals surface area contributed by atoms with E-state index in [1.807, 2.05) is 0 Å². The molecule has 2 atom stereocenters. The van der Waals surface area contributed by atoms with Crippen molar-refractivity contribution in [2.24, 2.45) is 5.92 Å². The summed E-state index contributed by atoms with van der Waals surface area (Å²) in [5, 5.41) is 4.52. The van der Waals surface area contributed by atoms with E-state index < -0.39 is 0 Å². The molecule has 1 N–H and O–H groups in total. The van der Waals surface area contributed by atoms with Crippen molar-refractivity contribution in [1.82, 2.24) is 5.32 Å². The first-order valence-electron chi connectivity index (χ1n) is 3.94. The van der Waals surface area contributed by atoms with E-state index >= 15 is 0 Å². The fraction of sp³-hybridized carbons (Fsp3) is 0.750. The van der Waals surface area contributed by atoms with Gasteiger partial charge in [-0.3, -0.25) is 0 Å². The van der Waals surface area contributed by atoms with Gasteiger partial charge in [-0.05, 0) is 31.7 Å². The standard InChI is InChI=1S/C8H12ClN/c9-7-3-6-1-2-10-8(4-6)5-7/h3,6,8,10H,1-2,4-5H2/t6-,8-/m0/s1. The minimum atomic E-state index is 0.677. The predicted octanol–water partition coefficient (Wildman–Crippen LogP) is 1.88. The summed E-state index contributed by atoms with van der Waals surface area (Å²) in [4.78, 5) is 0. The predicted molar refractivity (Wildman–Crippen MR) is 43.1 cm³/mol. The van der Waals surface area contributed by atoms with Crippen LogP contribution in [0.2, 0.25) is 0 Å². The maximum absolute atomic E-state index is 5.94. The normalized spacial score (nSPS) is 39.1. The molecule has 2 rings (SSSR count). The van der Waals surface area contributed by atoms with E-state index in [1.54, 1.807) is 0 Å². The average Bonchev–Trinajstić information content (AvgIpc) is 1.85. The smallest absolute Gasteiger partial charge is 0.0159 e. The highest BCUT2D eigenvalue weighted by Crippen LogP contribution is 2.30. The SMILES string of the molecule is ClC1=C[C@@H]2CCN[C@H](C1)C2. The Morgan fingerprint density at radius 2 is 2.50 bits per heavy atom. The number of hydrogen-bond donors (Lipinski definition) is 1. The Bertz CT molecular complexity index is 165. The van der Waals surface area contributed by atoms with Gasteiger partial charge in [0.25, 0.3) is 0 Å².